The molecular formula is C22H32N2O3. The van der Waals surface area contributed by atoms with Crippen LogP contribution in [-0.4, -0.2) is 35.4 Å². The molecule has 0 aromatic heterocycles. The smallest absolute Gasteiger partial charge is 0.245 e. The number of nitrogens with one attached hydrogen (secondary N) is 1. The van der Waals surface area contributed by atoms with Crippen molar-refractivity contribution in [1.82, 2.24) is 10.2 Å². The summed E-state index contributed by atoms with van der Waals surface area (Å²) in [7, 11) is 1.63. The summed E-state index contributed by atoms with van der Waals surface area (Å²) < 4.78 is 5.20. The van der Waals surface area contributed by atoms with Crippen LogP contribution in [0.25, 0.3) is 0 Å². The van der Waals surface area contributed by atoms with E-state index >= 15 is 0 Å². The van der Waals surface area contributed by atoms with Crippen molar-refractivity contribution in [3.8, 4) is 5.75 Å². The van der Waals surface area contributed by atoms with Gasteiger partial charge in [0.05, 0.1) is 7.11 Å². The first kappa shape index (κ1) is 19.7. The van der Waals surface area contributed by atoms with Crippen LogP contribution in [-0.2, 0) is 16.1 Å². The van der Waals surface area contributed by atoms with Crippen molar-refractivity contribution in [3.63, 3.8) is 0 Å². The number of carbonyl (C=O) groups excluding carboxylic acids is 2. The van der Waals surface area contributed by atoms with Crippen molar-refractivity contribution >= 4 is 11.8 Å². The standard InChI is InChI=1S/C22H32N2O3/c1-22(21(26)23-18-8-6-4-3-5-7-9-18)15-14-20(25)24(22)16-17-10-12-19(27-2)13-11-17/h10-13,18H,3-9,14-16H2,1-2H3,(H,23,26). The molecule has 2 aliphatic rings. The first-order valence-electron chi connectivity index (χ1n) is 10.3. The third-order valence-electron chi connectivity index (χ3n) is 6.15. The molecule has 0 radical (unpaired) electrons. The molecule has 27 heavy (non-hydrogen) atoms. The topological polar surface area (TPSA) is 58.6 Å². The van der Waals surface area contributed by atoms with E-state index in [2.05, 4.69) is 5.32 Å². The maximum absolute atomic E-state index is 13.2. The number of hydrogen-bond donors (Lipinski definition) is 1. The third kappa shape index (κ3) is 4.63. The van der Waals surface area contributed by atoms with Crippen molar-refractivity contribution in [2.24, 2.45) is 0 Å². The predicted octanol–water partition coefficient (Wildman–Crippen LogP) is 3.81. The lowest BCUT2D eigenvalue weighted by atomic mass is 9.93. The van der Waals surface area contributed by atoms with Gasteiger partial charge in [0.1, 0.15) is 11.3 Å². The molecule has 1 atom stereocenters. The number of methoxy groups -OCH3 is 1. The van der Waals surface area contributed by atoms with Gasteiger partial charge in [-0.2, -0.15) is 0 Å². The van der Waals surface area contributed by atoms with Crippen LogP contribution < -0.4 is 10.1 Å². The van der Waals surface area contributed by atoms with Crippen LogP contribution in [0.15, 0.2) is 24.3 Å². The predicted molar refractivity (Wildman–Crippen MR) is 105 cm³/mol. The molecule has 148 valence electrons. The molecule has 1 unspecified atom stereocenters. The Morgan fingerprint density at radius 3 is 2.41 bits per heavy atom. The Morgan fingerprint density at radius 1 is 1.15 bits per heavy atom. The Balaban J connectivity index is 1.68. The van der Waals surface area contributed by atoms with Gasteiger partial charge in [0.2, 0.25) is 11.8 Å². The van der Waals surface area contributed by atoms with E-state index in [1.54, 1.807) is 12.0 Å². The SMILES string of the molecule is COc1ccc(CN2C(=O)CCC2(C)C(=O)NC2CCCCCCC2)cc1. The monoisotopic (exact) mass is 372 g/mol. The number of carbonyl (C=O) groups is 2. The van der Waals surface area contributed by atoms with Crippen molar-refractivity contribution < 1.29 is 14.3 Å². The molecule has 5 nitrogen and oxygen atoms in total. The number of likely N-dealkylation sites (tertiary alicyclic amines) is 1. The quantitative estimate of drug-likeness (QED) is 0.855. The normalized spacial score (nSPS) is 24.4. The van der Waals surface area contributed by atoms with Gasteiger partial charge >= 0.3 is 0 Å². The van der Waals surface area contributed by atoms with Gasteiger partial charge in [-0.05, 0) is 43.9 Å². The molecule has 5 heteroatoms. The fourth-order valence-corrected chi connectivity index (χ4v) is 4.25. The summed E-state index contributed by atoms with van der Waals surface area (Å²) in [5.41, 5.74) is 0.246. The number of ether oxygens (including phenoxy) is 1. The van der Waals surface area contributed by atoms with Gasteiger partial charge in [-0.15, -0.1) is 0 Å². The minimum absolute atomic E-state index is 0.00688. The number of amides is 2. The highest BCUT2D eigenvalue weighted by Gasteiger charge is 2.47. The van der Waals surface area contributed by atoms with Gasteiger partial charge < -0.3 is 15.0 Å². The van der Waals surface area contributed by atoms with E-state index in [0.29, 0.717) is 19.4 Å². The Hall–Kier alpha value is -2.04. The van der Waals surface area contributed by atoms with Crippen LogP contribution >= 0.6 is 0 Å². The summed E-state index contributed by atoms with van der Waals surface area (Å²) >= 11 is 0. The fourth-order valence-electron chi connectivity index (χ4n) is 4.25. The lowest BCUT2D eigenvalue weighted by Gasteiger charge is -2.35. The summed E-state index contributed by atoms with van der Waals surface area (Å²) in [6, 6.07) is 7.94. The van der Waals surface area contributed by atoms with Crippen LogP contribution in [0.5, 0.6) is 5.75 Å². The molecule has 1 aromatic rings. The van der Waals surface area contributed by atoms with Crippen molar-refractivity contribution in [2.75, 3.05) is 7.11 Å². The lowest BCUT2D eigenvalue weighted by Crippen LogP contribution is -2.56. The Labute approximate surface area is 162 Å². The number of rotatable bonds is 5. The zero-order valence-electron chi connectivity index (χ0n) is 16.6. The van der Waals surface area contributed by atoms with E-state index in [0.717, 1.165) is 24.2 Å². The molecule has 2 fully saturated rings. The zero-order chi connectivity index (χ0) is 19.3. The van der Waals surface area contributed by atoms with Crippen molar-refractivity contribution in [3.05, 3.63) is 29.8 Å². The minimum atomic E-state index is -0.765. The van der Waals surface area contributed by atoms with Gasteiger partial charge in [-0.3, -0.25) is 9.59 Å². The maximum atomic E-state index is 13.2. The largest absolute Gasteiger partial charge is 0.497 e. The summed E-state index contributed by atoms with van der Waals surface area (Å²) in [6.45, 7) is 2.37. The van der Waals surface area contributed by atoms with E-state index in [4.69, 9.17) is 4.74 Å². The van der Waals surface area contributed by atoms with Crippen molar-refractivity contribution in [1.29, 1.82) is 0 Å². The van der Waals surface area contributed by atoms with Crippen LogP contribution in [0.1, 0.15) is 70.3 Å². The van der Waals surface area contributed by atoms with Gasteiger partial charge in [-0.25, -0.2) is 0 Å². The second kappa shape index (κ2) is 8.77. The molecule has 1 saturated carbocycles. The van der Waals surface area contributed by atoms with E-state index in [1.807, 2.05) is 31.2 Å². The van der Waals surface area contributed by atoms with E-state index in [9.17, 15) is 9.59 Å². The fraction of sp³-hybridized carbons (Fsp3) is 0.636. The molecular weight excluding hydrogens is 340 g/mol. The van der Waals surface area contributed by atoms with E-state index in [1.165, 1.54) is 32.1 Å². The van der Waals surface area contributed by atoms with Gasteiger partial charge in [0.15, 0.2) is 0 Å². The summed E-state index contributed by atoms with van der Waals surface area (Å²) in [5, 5.41) is 3.27. The van der Waals surface area contributed by atoms with Gasteiger partial charge in [-0.1, -0.05) is 44.2 Å². The molecule has 1 saturated heterocycles. The maximum Gasteiger partial charge on any atom is 0.245 e. The van der Waals surface area contributed by atoms with Gasteiger partial charge in [0.25, 0.3) is 0 Å². The zero-order valence-corrected chi connectivity index (χ0v) is 16.6. The van der Waals surface area contributed by atoms with E-state index in [-0.39, 0.29) is 17.9 Å². The molecule has 3 rings (SSSR count). The van der Waals surface area contributed by atoms with E-state index < -0.39 is 5.54 Å². The number of nitrogens with zero attached hydrogens (tertiary/aromatic N) is 1. The first-order chi connectivity index (χ1) is 13.0. The summed E-state index contributed by atoms with van der Waals surface area (Å²) in [4.78, 5) is 27.4. The molecule has 0 bridgehead atoms. The van der Waals surface area contributed by atoms with Gasteiger partial charge in [0, 0.05) is 19.0 Å². The second-order valence-corrected chi connectivity index (χ2v) is 8.12. The number of hydrogen-bond acceptors (Lipinski definition) is 3. The molecule has 1 N–H and O–H groups in total. The Morgan fingerprint density at radius 2 is 1.78 bits per heavy atom. The highest BCUT2D eigenvalue weighted by molar-refractivity contribution is 5.94. The highest BCUT2D eigenvalue weighted by Crippen LogP contribution is 2.32. The second-order valence-electron chi connectivity index (χ2n) is 8.12. The van der Waals surface area contributed by atoms with Crippen LogP contribution in [0.2, 0.25) is 0 Å². The lowest BCUT2D eigenvalue weighted by molar-refractivity contribution is -0.141. The summed E-state index contributed by atoms with van der Waals surface area (Å²) in [6.07, 6.45) is 9.29. The average Bonchev–Trinajstić information content (AvgIpc) is 2.94. The third-order valence-corrected chi connectivity index (χ3v) is 6.15. The van der Waals surface area contributed by atoms with Crippen LogP contribution in [0.3, 0.4) is 0 Å². The van der Waals surface area contributed by atoms with Crippen molar-refractivity contribution in [2.45, 2.75) is 82.8 Å². The highest BCUT2D eigenvalue weighted by atomic mass is 16.5. The molecule has 1 heterocycles. The molecule has 1 aliphatic heterocycles. The Kier molecular flexibility index (Phi) is 6.40. The molecule has 1 aromatic carbocycles. The molecule has 2 amide bonds. The van der Waals surface area contributed by atoms with Crippen LogP contribution in [0, 0.1) is 0 Å². The minimum Gasteiger partial charge on any atom is -0.497 e. The van der Waals surface area contributed by atoms with Crippen LogP contribution in [0.4, 0.5) is 0 Å². The summed E-state index contributed by atoms with van der Waals surface area (Å²) in [5.74, 6) is 0.852. The Bertz CT molecular complexity index is 650. The first-order valence-corrected chi connectivity index (χ1v) is 10.3. The molecule has 1 aliphatic carbocycles. The molecule has 0 spiro atoms. The number of benzene rings is 1. The average molecular weight is 373 g/mol.